The van der Waals surface area contributed by atoms with Gasteiger partial charge in [0.1, 0.15) is 0 Å². The molecule has 0 aliphatic rings. The third-order valence-electron chi connectivity index (χ3n) is 3.69. The maximum atomic E-state index is 12.4. The van der Waals surface area contributed by atoms with E-state index >= 15 is 0 Å². The number of nitrogens with zero attached hydrogens (tertiary/aromatic N) is 1. The first-order valence-electron chi connectivity index (χ1n) is 7.58. The molecule has 24 heavy (non-hydrogen) atoms. The molecule has 0 atom stereocenters. The van der Waals surface area contributed by atoms with Crippen LogP contribution in [0.3, 0.4) is 0 Å². The van der Waals surface area contributed by atoms with Crippen LogP contribution in [-0.2, 0) is 23.0 Å². The molecule has 0 saturated heterocycles. The van der Waals surface area contributed by atoms with Gasteiger partial charge in [0.25, 0.3) is 0 Å². The highest BCUT2D eigenvalue weighted by Gasteiger charge is 2.17. The summed E-state index contributed by atoms with van der Waals surface area (Å²) in [7, 11) is -3.54. The van der Waals surface area contributed by atoms with Crippen LogP contribution in [0, 0.1) is 6.92 Å². The number of thiazole rings is 1. The van der Waals surface area contributed by atoms with Crippen LogP contribution in [-0.4, -0.2) is 13.4 Å². The summed E-state index contributed by atoms with van der Waals surface area (Å²) in [6, 6.07) is 10.6. The topological polar surface area (TPSA) is 72.2 Å². The van der Waals surface area contributed by atoms with Gasteiger partial charge in [-0.05, 0) is 43.2 Å². The molecule has 3 aromatic rings. The first-order chi connectivity index (χ1) is 11.5. The molecule has 0 aliphatic carbocycles. The van der Waals surface area contributed by atoms with Gasteiger partial charge in [-0.2, -0.15) is 0 Å². The zero-order valence-corrected chi connectivity index (χ0v) is 15.1. The van der Waals surface area contributed by atoms with Crippen molar-refractivity contribution < 1.29 is 12.8 Å². The molecule has 0 saturated carbocycles. The second-order valence-electron chi connectivity index (χ2n) is 5.33. The van der Waals surface area contributed by atoms with E-state index in [0.29, 0.717) is 5.76 Å². The van der Waals surface area contributed by atoms with Crippen LogP contribution in [0.15, 0.2) is 52.0 Å². The molecule has 2 heterocycles. The van der Waals surface area contributed by atoms with E-state index in [1.54, 1.807) is 24.5 Å². The molecule has 0 amide bonds. The lowest BCUT2D eigenvalue weighted by Crippen LogP contribution is -2.23. The standard InChI is InChI=1S/C17H18N2O3S2/c1-3-13-6-8-14(9-7-13)24(20,21)18-11-16-12(2)19-17(23-16)15-5-4-10-22-15/h4-10,18H,3,11H2,1-2H3. The second-order valence-corrected chi connectivity index (χ2v) is 8.18. The molecule has 0 bridgehead atoms. The fourth-order valence-corrected chi connectivity index (χ4v) is 4.30. The van der Waals surface area contributed by atoms with Crippen molar-refractivity contribution in [3.8, 4) is 10.8 Å². The van der Waals surface area contributed by atoms with Crippen molar-refractivity contribution in [2.75, 3.05) is 0 Å². The lowest BCUT2D eigenvalue weighted by molar-refractivity contribution is 0.580. The zero-order chi connectivity index (χ0) is 17.2. The van der Waals surface area contributed by atoms with Crippen LogP contribution in [0.25, 0.3) is 10.8 Å². The van der Waals surface area contributed by atoms with E-state index in [9.17, 15) is 8.42 Å². The van der Waals surface area contributed by atoms with Crippen LogP contribution < -0.4 is 4.72 Å². The molecule has 0 spiro atoms. The summed E-state index contributed by atoms with van der Waals surface area (Å²) in [5.41, 5.74) is 1.91. The molecule has 126 valence electrons. The number of benzene rings is 1. The molecule has 0 unspecified atom stereocenters. The number of nitrogens with one attached hydrogen (secondary N) is 1. The minimum absolute atomic E-state index is 0.210. The van der Waals surface area contributed by atoms with Crippen LogP contribution >= 0.6 is 11.3 Å². The van der Waals surface area contributed by atoms with Gasteiger partial charge in [0.05, 0.1) is 16.9 Å². The SMILES string of the molecule is CCc1ccc(S(=O)(=O)NCc2sc(-c3ccco3)nc2C)cc1. The van der Waals surface area contributed by atoms with Gasteiger partial charge >= 0.3 is 0 Å². The van der Waals surface area contributed by atoms with Crippen LogP contribution in [0.1, 0.15) is 23.1 Å². The third kappa shape index (κ3) is 3.58. The van der Waals surface area contributed by atoms with Crippen molar-refractivity contribution in [3.05, 3.63) is 58.8 Å². The molecule has 2 aromatic heterocycles. The summed E-state index contributed by atoms with van der Waals surface area (Å²) in [5, 5.41) is 0.749. The van der Waals surface area contributed by atoms with Crippen molar-refractivity contribution in [3.63, 3.8) is 0 Å². The van der Waals surface area contributed by atoms with Crippen molar-refractivity contribution >= 4 is 21.4 Å². The Bertz CT molecular complexity index is 911. The smallest absolute Gasteiger partial charge is 0.240 e. The van der Waals surface area contributed by atoms with Gasteiger partial charge in [0, 0.05) is 11.4 Å². The van der Waals surface area contributed by atoms with E-state index in [1.807, 2.05) is 32.0 Å². The number of hydrogen-bond acceptors (Lipinski definition) is 5. The summed E-state index contributed by atoms with van der Waals surface area (Å²) in [6.45, 7) is 4.11. The minimum Gasteiger partial charge on any atom is -0.462 e. The highest BCUT2D eigenvalue weighted by atomic mass is 32.2. The predicted molar refractivity (Wildman–Crippen MR) is 94.4 cm³/mol. The Labute approximate surface area is 145 Å². The van der Waals surface area contributed by atoms with Crippen molar-refractivity contribution in [1.29, 1.82) is 0 Å². The Balaban J connectivity index is 1.75. The summed E-state index contributed by atoms with van der Waals surface area (Å²) in [6.07, 6.45) is 2.47. The quantitative estimate of drug-likeness (QED) is 0.725. The number of sulfonamides is 1. The van der Waals surface area contributed by atoms with Crippen LogP contribution in [0.4, 0.5) is 0 Å². The van der Waals surface area contributed by atoms with Gasteiger partial charge in [0.15, 0.2) is 10.8 Å². The summed E-state index contributed by atoms with van der Waals surface area (Å²) in [5.74, 6) is 0.687. The monoisotopic (exact) mass is 362 g/mol. The lowest BCUT2D eigenvalue weighted by atomic mass is 10.2. The summed E-state index contributed by atoms with van der Waals surface area (Å²) >= 11 is 1.43. The molecular formula is C17H18N2O3S2. The Morgan fingerprint density at radius 3 is 2.58 bits per heavy atom. The van der Waals surface area contributed by atoms with Gasteiger partial charge in [-0.1, -0.05) is 19.1 Å². The molecule has 7 heteroatoms. The molecule has 0 aliphatic heterocycles. The molecule has 1 N–H and O–H groups in total. The fraction of sp³-hybridized carbons (Fsp3) is 0.235. The van der Waals surface area contributed by atoms with Gasteiger partial charge in [-0.3, -0.25) is 0 Å². The molecule has 1 aromatic carbocycles. The number of aromatic nitrogens is 1. The van der Waals surface area contributed by atoms with Gasteiger partial charge < -0.3 is 4.42 Å². The maximum absolute atomic E-state index is 12.4. The normalized spacial score (nSPS) is 11.8. The fourth-order valence-electron chi connectivity index (χ4n) is 2.25. The van der Waals surface area contributed by atoms with Crippen molar-refractivity contribution in [2.45, 2.75) is 31.7 Å². The average Bonchev–Trinajstić information content (AvgIpc) is 3.23. The maximum Gasteiger partial charge on any atom is 0.240 e. The molecule has 3 rings (SSSR count). The summed E-state index contributed by atoms with van der Waals surface area (Å²) < 4.78 is 32.8. The molecular weight excluding hydrogens is 344 g/mol. The predicted octanol–water partition coefficient (Wildman–Crippen LogP) is 3.75. The molecule has 0 fully saturated rings. The lowest BCUT2D eigenvalue weighted by Gasteiger charge is -2.06. The first kappa shape index (κ1) is 16.9. The van der Waals surface area contributed by atoms with Crippen LogP contribution in [0.5, 0.6) is 0 Å². The number of rotatable bonds is 6. The van der Waals surface area contributed by atoms with Crippen molar-refractivity contribution in [2.24, 2.45) is 0 Å². The Morgan fingerprint density at radius 2 is 1.96 bits per heavy atom. The van der Waals surface area contributed by atoms with E-state index in [-0.39, 0.29) is 11.4 Å². The van der Waals surface area contributed by atoms with Crippen molar-refractivity contribution in [1.82, 2.24) is 9.71 Å². The Kier molecular flexibility index (Phi) is 4.84. The third-order valence-corrected chi connectivity index (χ3v) is 6.28. The average molecular weight is 362 g/mol. The number of hydrogen-bond donors (Lipinski definition) is 1. The first-order valence-corrected chi connectivity index (χ1v) is 9.88. The van der Waals surface area contributed by atoms with E-state index in [2.05, 4.69) is 9.71 Å². The summed E-state index contributed by atoms with van der Waals surface area (Å²) in [4.78, 5) is 5.58. The number of aryl methyl sites for hydroxylation is 2. The van der Waals surface area contributed by atoms with Gasteiger partial charge in [-0.25, -0.2) is 18.1 Å². The largest absolute Gasteiger partial charge is 0.462 e. The van der Waals surface area contributed by atoms with E-state index < -0.39 is 10.0 Å². The number of furan rings is 1. The van der Waals surface area contributed by atoms with Gasteiger partial charge in [-0.15, -0.1) is 11.3 Å². The molecule has 0 radical (unpaired) electrons. The minimum atomic E-state index is -3.54. The van der Waals surface area contributed by atoms with Crippen LogP contribution in [0.2, 0.25) is 0 Å². The van der Waals surface area contributed by atoms with E-state index in [4.69, 9.17) is 4.42 Å². The van der Waals surface area contributed by atoms with E-state index in [0.717, 1.165) is 27.6 Å². The van der Waals surface area contributed by atoms with Gasteiger partial charge in [0.2, 0.25) is 10.0 Å². The zero-order valence-electron chi connectivity index (χ0n) is 13.4. The molecule has 5 nitrogen and oxygen atoms in total. The van der Waals surface area contributed by atoms with E-state index in [1.165, 1.54) is 11.3 Å². The highest BCUT2D eigenvalue weighted by Crippen LogP contribution is 2.28. The highest BCUT2D eigenvalue weighted by molar-refractivity contribution is 7.89. The second kappa shape index (κ2) is 6.88. The Hall–Kier alpha value is -1.96. The Morgan fingerprint density at radius 1 is 1.21 bits per heavy atom.